The van der Waals surface area contributed by atoms with Crippen LogP contribution in [0.4, 0.5) is 5.95 Å². The Hall–Kier alpha value is -2.00. The minimum atomic E-state index is 0.532. The molecule has 0 fully saturated rings. The molecule has 0 aliphatic rings. The van der Waals surface area contributed by atoms with Crippen LogP contribution in [-0.2, 0) is 6.54 Å². The molecule has 0 aliphatic carbocycles. The Morgan fingerprint density at radius 1 is 1.21 bits per heavy atom. The van der Waals surface area contributed by atoms with Crippen LogP contribution < -0.4 is 5.73 Å². The van der Waals surface area contributed by atoms with Gasteiger partial charge in [0.1, 0.15) is 0 Å². The number of anilines is 1. The predicted molar refractivity (Wildman–Crippen MR) is 79.4 cm³/mol. The fraction of sp³-hybridized carbons (Fsp3) is 0.133. The molecule has 0 aliphatic heterocycles. The van der Waals surface area contributed by atoms with Crippen molar-refractivity contribution in [2.24, 2.45) is 0 Å². The SMILES string of the molecule is Cc1cccc2nc(N)n(Cc3cccc(Cl)c3)c12. The highest BCUT2D eigenvalue weighted by Crippen LogP contribution is 2.23. The van der Waals surface area contributed by atoms with E-state index in [0.717, 1.165) is 21.6 Å². The topological polar surface area (TPSA) is 43.8 Å². The predicted octanol–water partition coefficient (Wildman–Crippen LogP) is 3.63. The molecule has 0 saturated carbocycles. The number of aryl methyl sites for hydroxylation is 1. The zero-order chi connectivity index (χ0) is 13.4. The standard InChI is InChI=1S/C15H14ClN3/c1-10-4-2-7-13-14(10)19(15(17)18-13)9-11-5-3-6-12(16)8-11/h2-8H,9H2,1H3,(H2,17,18). The number of benzene rings is 2. The van der Waals surface area contributed by atoms with Gasteiger partial charge >= 0.3 is 0 Å². The molecule has 0 spiro atoms. The molecule has 3 aromatic rings. The molecule has 3 rings (SSSR count). The Labute approximate surface area is 116 Å². The van der Waals surface area contributed by atoms with Crippen LogP contribution in [0.5, 0.6) is 0 Å². The first-order valence-corrected chi connectivity index (χ1v) is 6.49. The van der Waals surface area contributed by atoms with Crippen LogP contribution in [0, 0.1) is 6.92 Å². The average Bonchev–Trinajstić information content (AvgIpc) is 2.67. The first-order valence-electron chi connectivity index (χ1n) is 6.11. The number of halogens is 1. The van der Waals surface area contributed by atoms with Crippen molar-refractivity contribution in [3.8, 4) is 0 Å². The molecule has 19 heavy (non-hydrogen) atoms. The maximum atomic E-state index is 6.03. The van der Waals surface area contributed by atoms with E-state index in [2.05, 4.69) is 18.0 Å². The number of hydrogen-bond donors (Lipinski definition) is 1. The number of aromatic nitrogens is 2. The third-order valence-electron chi connectivity index (χ3n) is 3.23. The van der Waals surface area contributed by atoms with Crippen molar-refractivity contribution in [1.29, 1.82) is 0 Å². The lowest BCUT2D eigenvalue weighted by atomic mass is 10.2. The summed E-state index contributed by atoms with van der Waals surface area (Å²) < 4.78 is 2.02. The normalized spacial score (nSPS) is 11.1. The number of nitrogen functional groups attached to an aromatic ring is 1. The van der Waals surface area contributed by atoms with Gasteiger partial charge in [-0.1, -0.05) is 35.9 Å². The maximum absolute atomic E-state index is 6.03. The Balaban J connectivity index is 2.12. The minimum absolute atomic E-state index is 0.532. The molecule has 2 N–H and O–H groups in total. The molecule has 0 radical (unpaired) electrons. The van der Waals surface area contributed by atoms with Crippen LogP contribution in [0.1, 0.15) is 11.1 Å². The molecular formula is C15H14ClN3. The highest BCUT2D eigenvalue weighted by atomic mass is 35.5. The Morgan fingerprint density at radius 3 is 2.79 bits per heavy atom. The maximum Gasteiger partial charge on any atom is 0.201 e. The summed E-state index contributed by atoms with van der Waals surface area (Å²) in [7, 11) is 0. The number of rotatable bonds is 2. The number of imidazole rings is 1. The monoisotopic (exact) mass is 271 g/mol. The van der Waals surface area contributed by atoms with Crippen molar-refractivity contribution in [2.75, 3.05) is 5.73 Å². The zero-order valence-corrected chi connectivity index (χ0v) is 11.4. The fourth-order valence-electron chi connectivity index (χ4n) is 2.36. The second-order valence-corrected chi connectivity index (χ2v) is 5.07. The van der Waals surface area contributed by atoms with E-state index in [1.54, 1.807) is 0 Å². The molecule has 0 atom stereocenters. The molecule has 0 saturated heterocycles. The van der Waals surface area contributed by atoms with Crippen LogP contribution in [0.2, 0.25) is 5.02 Å². The van der Waals surface area contributed by atoms with Gasteiger partial charge in [-0.25, -0.2) is 4.98 Å². The van der Waals surface area contributed by atoms with Crippen LogP contribution in [0.3, 0.4) is 0 Å². The lowest BCUT2D eigenvalue weighted by Gasteiger charge is -2.08. The second kappa shape index (κ2) is 4.59. The number of hydrogen-bond acceptors (Lipinski definition) is 2. The van der Waals surface area contributed by atoms with E-state index in [1.165, 1.54) is 5.56 Å². The number of nitrogens with two attached hydrogens (primary N) is 1. The van der Waals surface area contributed by atoms with E-state index in [1.807, 2.05) is 41.0 Å². The van der Waals surface area contributed by atoms with Crippen molar-refractivity contribution in [3.63, 3.8) is 0 Å². The van der Waals surface area contributed by atoms with Gasteiger partial charge in [0.05, 0.1) is 17.6 Å². The first kappa shape index (κ1) is 12.1. The first-order chi connectivity index (χ1) is 9.15. The van der Waals surface area contributed by atoms with Crippen LogP contribution in [0.25, 0.3) is 11.0 Å². The van der Waals surface area contributed by atoms with Gasteiger partial charge in [-0.2, -0.15) is 0 Å². The minimum Gasteiger partial charge on any atom is -0.369 e. The largest absolute Gasteiger partial charge is 0.369 e. The third kappa shape index (κ3) is 2.17. The van der Waals surface area contributed by atoms with Crippen LogP contribution >= 0.6 is 11.6 Å². The molecule has 2 aromatic carbocycles. The van der Waals surface area contributed by atoms with E-state index in [-0.39, 0.29) is 0 Å². The van der Waals surface area contributed by atoms with Gasteiger partial charge < -0.3 is 10.3 Å². The van der Waals surface area contributed by atoms with Gasteiger partial charge in [-0.05, 0) is 36.2 Å². The molecule has 1 heterocycles. The lowest BCUT2D eigenvalue weighted by Crippen LogP contribution is -2.05. The quantitative estimate of drug-likeness (QED) is 0.773. The van der Waals surface area contributed by atoms with E-state index in [9.17, 15) is 0 Å². The van der Waals surface area contributed by atoms with Gasteiger partial charge in [0, 0.05) is 5.02 Å². The number of para-hydroxylation sites is 1. The average molecular weight is 272 g/mol. The molecule has 3 nitrogen and oxygen atoms in total. The van der Waals surface area contributed by atoms with Crippen molar-refractivity contribution >= 4 is 28.6 Å². The molecule has 96 valence electrons. The smallest absolute Gasteiger partial charge is 0.201 e. The summed E-state index contributed by atoms with van der Waals surface area (Å²) >= 11 is 6.02. The summed E-state index contributed by atoms with van der Waals surface area (Å²) in [6.45, 7) is 2.74. The summed E-state index contributed by atoms with van der Waals surface area (Å²) in [6.07, 6.45) is 0. The molecule has 0 unspecified atom stereocenters. The van der Waals surface area contributed by atoms with Gasteiger partial charge in [-0.15, -0.1) is 0 Å². The third-order valence-corrected chi connectivity index (χ3v) is 3.46. The van der Waals surface area contributed by atoms with Gasteiger partial charge in [0.25, 0.3) is 0 Å². The van der Waals surface area contributed by atoms with E-state index in [0.29, 0.717) is 12.5 Å². The van der Waals surface area contributed by atoms with Gasteiger partial charge in [-0.3, -0.25) is 0 Å². The summed E-state index contributed by atoms with van der Waals surface area (Å²) in [4.78, 5) is 4.40. The lowest BCUT2D eigenvalue weighted by molar-refractivity contribution is 0.836. The molecular weight excluding hydrogens is 258 g/mol. The van der Waals surface area contributed by atoms with Crippen LogP contribution in [0.15, 0.2) is 42.5 Å². The van der Waals surface area contributed by atoms with Gasteiger partial charge in [0.15, 0.2) is 0 Å². The van der Waals surface area contributed by atoms with Crippen molar-refractivity contribution in [3.05, 3.63) is 58.6 Å². The van der Waals surface area contributed by atoms with Crippen molar-refractivity contribution in [2.45, 2.75) is 13.5 Å². The Bertz CT molecular complexity index is 746. The fourth-order valence-corrected chi connectivity index (χ4v) is 2.57. The molecule has 4 heteroatoms. The molecule has 1 aromatic heterocycles. The van der Waals surface area contributed by atoms with E-state index >= 15 is 0 Å². The highest BCUT2D eigenvalue weighted by molar-refractivity contribution is 6.30. The Kier molecular flexibility index (Phi) is 2.91. The number of fused-ring (bicyclic) bond motifs is 1. The summed E-state index contributed by atoms with van der Waals surface area (Å²) in [6, 6.07) is 13.8. The van der Waals surface area contributed by atoms with E-state index in [4.69, 9.17) is 17.3 Å². The zero-order valence-electron chi connectivity index (χ0n) is 10.6. The summed E-state index contributed by atoms with van der Waals surface area (Å²) in [5.41, 5.74) is 10.3. The van der Waals surface area contributed by atoms with Crippen LogP contribution in [-0.4, -0.2) is 9.55 Å². The summed E-state index contributed by atoms with van der Waals surface area (Å²) in [5, 5.41) is 0.734. The van der Waals surface area contributed by atoms with Gasteiger partial charge in [0.2, 0.25) is 5.95 Å². The number of nitrogens with zero attached hydrogens (tertiary/aromatic N) is 2. The van der Waals surface area contributed by atoms with Crippen molar-refractivity contribution < 1.29 is 0 Å². The van der Waals surface area contributed by atoms with Crippen molar-refractivity contribution in [1.82, 2.24) is 9.55 Å². The van der Waals surface area contributed by atoms with E-state index < -0.39 is 0 Å². The Morgan fingerprint density at radius 2 is 2.00 bits per heavy atom. The highest BCUT2D eigenvalue weighted by Gasteiger charge is 2.10. The summed E-state index contributed by atoms with van der Waals surface area (Å²) in [5.74, 6) is 0.532. The molecule has 0 bridgehead atoms. The second-order valence-electron chi connectivity index (χ2n) is 4.63. The molecule has 0 amide bonds.